The molecule has 0 spiro atoms. The minimum absolute atomic E-state index is 0.203. The molecule has 0 aliphatic rings. The molecule has 28 heavy (non-hydrogen) atoms. The molecule has 0 saturated carbocycles. The van der Waals surface area contributed by atoms with Crippen molar-refractivity contribution in [3.8, 4) is 16.9 Å². The number of hydrogen-bond donors (Lipinski definition) is 1. The van der Waals surface area contributed by atoms with Gasteiger partial charge in [0.15, 0.2) is 0 Å². The smallest absolute Gasteiger partial charge is 0.126 e. The van der Waals surface area contributed by atoms with Gasteiger partial charge in [-0.25, -0.2) is 9.97 Å². The zero-order chi connectivity index (χ0) is 19.5. The van der Waals surface area contributed by atoms with E-state index in [1.54, 1.807) is 6.20 Å². The number of nitrogens with two attached hydrogens (primary N) is 1. The summed E-state index contributed by atoms with van der Waals surface area (Å²) in [4.78, 5) is 13.3. The minimum Gasteiger partial charge on any atom is -0.330 e. The molecule has 0 radical (unpaired) electrons. The van der Waals surface area contributed by atoms with Gasteiger partial charge in [0, 0.05) is 49.9 Å². The number of nitrogens with zero attached hydrogens (tertiary/aromatic N) is 5. The van der Waals surface area contributed by atoms with Gasteiger partial charge >= 0.3 is 0 Å². The summed E-state index contributed by atoms with van der Waals surface area (Å²) in [6.45, 7) is 2.11. The van der Waals surface area contributed by atoms with Crippen LogP contribution in [0.25, 0.3) is 16.9 Å². The molecule has 0 saturated heterocycles. The molecule has 1 aromatic carbocycles. The lowest BCUT2D eigenvalue weighted by Crippen LogP contribution is -2.18. The van der Waals surface area contributed by atoms with E-state index in [4.69, 9.17) is 5.73 Å². The van der Waals surface area contributed by atoms with E-state index < -0.39 is 0 Å². The Labute approximate surface area is 164 Å². The number of benzene rings is 1. The number of imidazole rings is 2. The molecule has 0 fully saturated rings. The van der Waals surface area contributed by atoms with Crippen LogP contribution in [0.2, 0.25) is 0 Å². The van der Waals surface area contributed by atoms with E-state index >= 15 is 0 Å². The van der Waals surface area contributed by atoms with Crippen LogP contribution < -0.4 is 5.73 Å². The summed E-state index contributed by atoms with van der Waals surface area (Å²) in [5, 5.41) is 0. The van der Waals surface area contributed by atoms with Crippen molar-refractivity contribution in [1.82, 2.24) is 24.1 Å². The van der Waals surface area contributed by atoms with Crippen LogP contribution in [0.3, 0.4) is 0 Å². The minimum atomic E-state index is -0.203. The van der Waals surface area contributed by atoms with Gasteiger partial charge in [-0.15, -0.1) is 0 Å². The SMILES string of the molecule is CCc1nccn1-c1ccc(-c2cnc([C@@H](N)Cc3ccccn3)n2C)cc1. The van der Waals surface area contributed by atoms with Crippen molar-refractivity contribution in [2.24, 2.45) is 12.8 Å². The van der Waals surface area contributed by atoms with Crippen molar-refractivity contribution in [3.63, 3.8) is 0 Å². The Morgan fingerprint density at radius 1 is 1.00 bits per heavy atom. The van der Waals surface area contributed by atoms with E-state index in [1.165, 1.54) is 0 Å². The zero-order valence-electron chi connectivity index (χ0n) is 16.2. The van der Waals surface area contributed by atoms with E-state index in [0.717, 1.165) is 40.7 Å². The molecule has 2 N–H and O–H groups in total. The van der Waals surface area contributed by atoms with Crippen molar-refractivity contribution >= 4 is 0 Å². The molecule has 0 bridgehead atoms. The molecule has 1 atom stereocenters. The Morgan fingerprint density at radius 2 is 1.82 bits per heavy atom. The first-order valence-corrected chi connectivity index (χ1v) is 9.47. The van der Waals surface area contributed by atoms with Gasteiger partial charge in [0.05, 0.1) is 17.9 Å². The van der Waals surface area contributed by atoms with Crippen LogP contribution >= 0.6 is 0 Å². The fourth-order valence-electron chi connectivity index (χ4n) is 3.50. The molecule has 6 nitrogen and oxygen atoms in total. The maximum absolute atomic E-state index is 6.41. The maximum Gasteiger partial charge on any atom is 0.126 e. The lowest BCUT2D eigenvalue weighted by molar-refractivity contribution is 0.626. The molecule has 142 valence electrons. The quantitative estimate of drug-likeness (QED) is 0.562. The summed E-state index contributed by atoms with van der Waals surface area (Å²) in [5.74, 6) is 1.91. The van der Waals surface area contributed by atoms with Gasteiger partial charge in [-0.05, 0) is 29.8 Å². The third-order valence-corrected chi connectivity index (χ3v) is 4.99. The summed E-state index contributed by atoms with van der Waals surface area (Å²) in [6, 6.07) is 14.1. The average Bonchev–Trinajstić information content (AvgIpc) is 3.35. The lowest BCUT2D eigenvalue weighted by Gasteiger charge is -2.13. The summed E-state index contributed by atoms with van der Waals surface area (Å²) >= 11 is 0. The van der Waals surface area contributed by atoms with Crippen LogP contribution in [0.1, 0.15) is 30.3 Å². The van der Waals surface area contributed by atoms with Crippen LogP contribution in [-0.2, 0) is 19.9 Å². The molecule has 6 heteroatoms. The molecule has 0 aliphatic heterocycles. The molecular weight excluding hydrogens is 348 g/mol. The van der Waals surface area contributed by atoms with Gasteiger partial charge in [0.2, 0.25) is 0 Å². The number of pyridine rings is 1. The first-order chi connectivity index (χ1) is 13.7. The first-order valence-electron chi connectivity index (χ1n) is 9.47. The maximum atomic E-state index is 6.41. The molecular formula is C22H24N6. The monoisotopic (exact) mass is 372 g/mol. The average molecular weight is 372 g/mol. The number of aryl methyl sites for hydroxylation is 1. The molecule has 0 aliphatic carbocycles. The molecule has 4 rings (SSSR count). The first kappa shape index (κ1) is 18.1. The third-order valence-electron chi connectivity index (χ3n) is 4.99. The summed E-state index contributed by atoms with van der Waals surface area (Å²) in [7, 11) is 2.01. The molecule has 0 amide bonds. The van der Waals surface area contributed by atoms with Gasteiger partial charge in [-0.3, -0.25) is 4.98 Å². The summed E-state index contributed by atoms with van der Waals surface area (Å²) in [6.07, 6.45) is 9.06. The highest BCUT2D eigenvalue weighted by atomic mass is 15.1. The standard InChI is InChI=1S/C22H24N6/c1-3-21-25-12-13-28(21)18-9-7-16(8-10-18)20-15-26-22(27(20)2)19(23)14-17-6-4-5-11-24-17/h4-13,15,19H,3,14,23H2,1-2H3/t19-/m0/s1. The van der Waals surface area contributed by atoms with E-state index in [1.807, 2.05) is 43.8 Å². The van der Waals surface area contributed by atoms with Gasteiger partial charge < -0.3 is 14.9 Å². The van der Waals surface area contributed by atoms with Crippen LogP contribution in [0.15, 0.2) is 67.3 Å². The van der Waals surface area contributed by atoms with Crippen molar-refractivity contribution in [2.45, 2.75) is 25.8 Å². The molecule has 3 heterocycles. The topological polar surface area (TPSA) is 74.6 Å². The summed E-state index contributed by atoms with van der Waals surface area (Å²) in [5.41, 5.74) is 10.6. The zero-order valence-corrected chi connectivity index (χ0v) is 16.2. The number of rotatable bonds is 6. The van der Waals surface area contributed by atoms with Crippen LogP contribution in [0.5, 0.6) is 0 Å². The molecule has 0 unspecified atom stereocenters. The summed E-state index contributed by atoms with van der Waals surface area (Å²) < 4.78 is 4.18. The van der Waals surface area contributed by atoms with Gasteiger partial charge in [-0.2, -0.15) is 0 Å². The van der Waals surface area contributed by atoms with Crippen molar-refractivity contribution in [1.29, 1.82) is 0 Å². The highest BCUT2D eigenvalue weighted by Gasteiger charge is 2.16. The Kier molecular flexibility index (Phi) is 5.04. The second kappa shape index (κ2) is 7.78. The van der Waals surface area contributed by atoms with Crippen LogP contribution in [0.4, 0.5) is 0 Å². The van der Waals surface area contributed by atoms with Crippen LogP contribution in [-0.4, -0.2) is 24.1 Å². The Balaban J connectivity index is 1.57. The highest BCUT2D eigenvalue weighted by Crippen LogP contribution is 2.24. The lowest BCUT2D eigenvalue weighted by atomic mass is 10.1. The van der Waals surface area contributed by atoms with E-state index in [9.17, 15) is 0 Å². The molecule has 3 aromatic heterocycles. The second-order valence-electron chi connectivity index (χ2n) is 6.81. The fourth-order valence-corrected chi connectivity index (χ4v) is 3.50. The van der Waals surface area contributed by atoms with Crippen molar-refractivity contribution in [3.05, 3.63) is 84.6 Å². The van der Waals surface area contributed by atoms with Gasteiger partial charge in [-0.1, -0.05) is 25.1 Å². The third kappa shape index (κ3) is 3.46. The van der Waals surface area contributed by atoms with E-state index in [0.29, 0.717) is 6.42 Å². The Hall–Kier alpha value is -3.25. The van der Waals surface area contributed by atoms with Gasteiger partial charge in [0.1, 0.15) is 11.6 Å². The van der Waals surface area contributed by atoms with E-state index in [-0.39, 0.29) is 6.04 Å². The number of aromatic nitrogens is 5. The Bertz CT molecular complexity index is 1050. The normalized spacial score (nSPS) is 12.2. The van der Waals surface area contributed by atoms with Crippen LogP contribution in [0, 0.1) is 0 Å². The van der Waals surface area contributed by atoms with Crippen molar-refractivity contribution in [2.75, 3.05) is 0 Å². The van der Waals surface area contributed by atoms with Gasteiger partial charge in [0.25, 0.3) is 0 Å². The highest BCUT2D eigenvalue weighted by molar-refractivity contribution is 5.61. The predicted molar refractivity (Wildman–Crippen MR) is 110 cm³/mol. The second-order valence-corrected chi connectivity index (χ2v) is 6.81. The van der Waals surface area contributed by atoms with E-state index in [2.05, 4.69) is 55.3 Å². The fraction of sp³-hybridized carbons (Fsp3) is 0.227. The largest absolute Gasteiger partial charge is 0.330 e. The predicted octanol–water partition coefficient (Wildman–Crippen LogP) is 3.47. The molecule has 4 aromatic rings. The Morgan fingerprint density at radius 3 is 2.54 bits per heavy atom. The number of hydrogen-bond acceptors (Lipinski definition) is 4. The van der Waals surface area contributed by atoms with Crippen molar-refractivity contribution < 1.29 is 0 Å².